The summed E-state index contributed by atoms with van der Waals surface area (Å²) in [5.74, 6) is -0.684. The van der Waals surface area contributed by atoms with Gasteiger partial charge in [0.15, 0.2) is 5.78 Å². The smallest absolute Gasteiger partial charge is 0.230 e. The molecule has 1 N–H and O–H groups in total. The van der Waals surface area contributed by atoms with Gasteiger partial charge < -0.3 is 10.2 Å². The first kappa shape index (κ1) is 19.6. The van der Waals surface area contributed by atoms with Crippen molar-refractivity contribution in [3.05, 3.63) is 52.0 Å². The molecular formula is C18H21FN2O2S2. The lowest BCUT2D eigenvalue weighted by atomic mass is 10.1. The average Bonchev–Trinajstić information content (AvgIpc) is 3.07. The first-order valence-corrected chi connectivity index (χ1v) is 9.65. The summed E-state index contributed by atoms with van der Waals surface area (Å²) in [4.78, 5) is 26.9. The third-order valence-corrected chi connectivity index (χ3v) is 5.71. The van der Waals surface area contributed by atoms with Crippen LogP contribution >= 0.6 is 23.1 Å². The molecule has 1 amide bonds. The summed E-state index contributed by atoms with van der Waals surface area (Å²) in [6.45, 7) is 1.89. The second-order valence-corrected chi connectivity index (χ2v) is 7.79. The highest BCUT2D eigenvalue weighted by molar-refractivity contribution is 8.00. The van der Waals surface area contributed by atoms with Crippen molar-refractivity contribution in [2.75, 3.05) is 26.4 Å². The van der Waals surface area contributed by atoms with Crippen molar-refractivity contribution in [2.24, 2.45) is 0 Å². The quantitative estimate of drug-likeness (QED) is 0.562. The van der Waals surface area contributed by atoms with Gasteiger partial charge >= 0.3 is 0 Å². The van der Waals surface area contributed by atoms with E-state index in [1.54, 1.807) is 17.4 Å². The Kier molecular flexibility index (Phi) is 7.16. The van der Waals surface area contributed by atoms with Crippen molar-refractivity contribution in [2.45, 2.75) is 17.9 Å². The highest BCUT2D eigenvalue weighted by Gasteiger charge is 2.16. The second-order valence-electron chi connectivity index (χ2n) is 5.79. The summed E-state index contributed by atoms with van der Waals surface area (Å²) in [6.07, 6.45) is 0. The van der Waals surface area contributed by atoms with Gasteiger partial charge in [0.05, 0.1) is 11.8 Å². The van der Waals surface area contributed by atoms with Crippen molar-refractivity contribution in [3.63, 3.8) is 0 Å². The van der Waals surface area contributed by atoms with Gasteiger partial charge in [-0.15, -0.1) is 23.1 Å². The molecule has 25 heavy (non-hydrogen) atoms. The Bertz CT molecular complexity index is 733. The summed E-state index contributed by atoms with van der Waals surface area (Å²) < 4.78 is 14.0. The molecule has 7 heteroatoms. The molecule has 1 atom stereocenters. The summed E-state index contributed by atoms with van der Waals surface area (Å²) in [7, 11) is 3.94. The van der Waals surface area contributed by atoms with E-state index in [0.717, 1.165) is 11.8 Å². The Morgan fingerprint density at radius 1 is 1.32 bits per heavy atom. The number of amides is 1. The minimum atomic E-state index is -0.477. The summed E-state index contributed by atoms with van der Waals surface area (Å²) in [5, 5.41) is 4.91. The first-order chi connectivity index (χ1) is 11.9. The van der Waals surface area contributed by atoms with Crippen LogP contribution in [0.15, 0.2) is 40.6 Å². The molecule has 0 spiro atoms. The predicted octanol–water partition coefficient (Wildman–Crippen LogP) is 3.60. The van der Waals surface area contributed by atoms with E-state index in [2.05, 4.69) is 10.2 Å². The Balaban J connectivity index is 1.87. The minimum absolute atomic E-state index is 0.112. The fraction of sp³-hybridized carbons (Fsp3) is 0.333. The number of hydrogen-bond donors (Lipinski definition) is 1. The van der Waals surface area contributed by atoms with E-state index in [0.29, 0.717) is 17.0 Å². The van der Waals surface area contributed by atoms with Gasteiger partial charge in [-0.2, -0.15) is 0 Å². The topological polar surface area (TPSA) is 49.4 Å². The SMILES string of the molecule is CC(=O)c1ccc(SCC(=O)NCC(c2cccs2)N(C)C)c(F)c1. The van der Waals surface area contributed by atoms with E-state index in [1.807, 2.05) is 31.6 Å². The van der Waals surface area contributed by atoms with Crippen LogP contribution in [-0.4, -0.2) is 43.0 Å². The standard InChI is InChI=1S/C18H21FN2O2S2/c1-12(22)13-6-7-16(14(19)9-13)25-11-18(23)20-10-15(21(2)3)17-5-4-8-24-17/h4-9,15H,10-11H2,1-3H3,(H,20,23). The van der Waals surface area contributed by atoms with Crippen molar-refractivity contribution < 1.29 is 14.0 Å². The van der Waals surface area contributed by atoms with Crippen LogP contribution in [0.4, 0.5) is 4.39 Å². The fourth-order valence-corrected chi connectivity index (χ4v) is 3.93. The largest absolute Gasteiger partial charge is 0.353 e. The lowest BCUT2D eigenvalue weighted by Gasteiger charge is -2.23. The number of hydrogen-bond acceptors (Lipinski definition) is 5. The molecule has 1 unspecified atom stereocenters. The molecule has 4 nitrogen and oxygen atoms in total. The van der Waals surface area contributed by atoms with E-state index in [4.69, 9.17) is 0 Å². The van der Waals surface area contributed by atoms with Crippen LogP contribution < -0.4 is 5.32 Å². The molecule has 2 rings (SSSR count). The molecule has 0 fully saturated rings. The van der Waals surface area contributed by atoms with Crippen molar-refractivity contribution in [1.29, 1.82) is 0 Å². The van der Waals surface area contributed by atoms with Crippen LogP contribution in [0.5, 0.6) is 0 Å². The van der Waals surface area contributed by atoms with Crippen molar-refractivity contribution >= 4 is 34.8 Å². The summed E-state index contributed by atoms with van der Waals surface area (Å²) in [5.41, 5.74) is 0.330. The van der Waals surface area contributed by atoms with E-state index in [-0.39, 0.29) is 23.5 Å². The molecule has 0 aliphatic heterocycles. The number of carbonyl (C=O) groups is 2. The normalized spacial score (nSPS) is 12.2. The molecule has 1 heterocycles. The number of likely N-dealkylation sites (N-methyl/N-ethyl adjacent to an activating group) is 1. The molecule has 0 bridgehead atoms. The van der Waals surface area contributed by atoms with E-state index in [9.17, 15) is 14.0 Å². The average molecular weight is 381 g/mol. The second kappa shape index (κ2) is 9.12. The number of Topliss-reactive ketones (excluding diaryl/α,β-unsaturated/α-hetero) is 1. The maximum absolute atomic E-state index is 14.0. The minimum Gasteiger partial charge on any atom is -0.353 e. The van der Waals surface area contributed by atoms with Crippen LogP contribution in [-0.2, 0) is 4.79 Å². The zero-order valence-corrected chi connectivity index (χ0v) is 16.0. The zero-order valence-electron chi connectivity index (χ0n) is 14.4. The van der Waals surface area contributed by atoms with Crippen LogP contribution in [0.25, 0.3) is 0 Å². The highest BCUT2D eigenvalue weighted by Crippen LogP contribution is 2.24. The van der Waals surface area contributed by atoms with Gasteiger partial charge in [-0.1, -0.05) is 12.1 Å². The van der Waals surface area contributed by atoms with Gasteiger partial charge in [0.2, 0.25) is 5.91 Å². The first-order valence-electron chi connectivity index (χ1n) is 7.78. The number of rotatable bonds is 8. The maximum Gasteiger partial charge on any atom is 0.230 e. The number of thiophene rings is 1. The molecule has 2 aromatic rings. The Morgan fingerprint density at radius 2 is 2.08 bits per heavy atom. The molecule has 0 aliphatic rings. The lowest BCUT2D eigenvalue weighted by Crippen LogP contribution is -2.35. The Labute approximate surface area is 155 Å². The van der Waals surface area contributed by atoms with Crippen LogP contribution in [0.2, 0.25) is 0 Å². The molecular weight excluding hydrogens is 359 g/mol. The van der Waals surface area contributed by atoms with Crippen LogP contribution in [0.1, 0.15) is 28.2 Å². The van der Waals surface area contributed by atoms with E-state index in [1.165, 1.54) is 23.9 Å². The zero-order chi connectivity index (χ0) is 18.4. The van der Waals surface area contributed by atoms with E-state index < -0.39 is 5.82 Å². The van der Waals surface area contributed by atoms with Gasteiger partial charge in [0.25, 0.3) is 0 Å². The van der Waals surface area contributed by atoms with Gasteiger partial charge in [-0.3, -0.25) is 9.59 Å². The Morgan fingerprint density at radius 3 is 2.64 bits per heavy atom. The summed E-state index contributed by atoms with van der Waals surface area (Å²) in [6, 6.07) is 8.47. The molecule has 0 aliphatic carbocycles. The van der Waals surface area contributed by atoms with Gasteiger partial charge in [0, 0.05) is 21.9 Å². The monoisotopic (exact) mass is 380 g/mol. The van der Waals surface area contributed by atoms with Crippen LogP contribution in [0, 0.1) is 5.82 Å². The van der Waals surface area contributed by atoms with E-state index >= 15 is 0 Å². The third-order valence-electron chi connectivity index (χ3n) is 3.68. The molecule has 1 aromatic heterocycles. The van der Waals surface area contributed by atoms with Gasteiger partial charge in [0.1, 0.15) is 5.82 Å². The number of thioether (sulfide) groups is 1. The fourth-order valence-electron chi connectivity index (χ4n) is 2.26. The summed E-state index contributed by atoms with van der Waals surface area (Å²) >= 11 is 2.78. The van der Waals surface area contributed by atoms with Crippen molar-refractivity contribution in [1.82, 2.24) is 10.2 Å². The predicted molar refractivity (Wildman–Crippen MR) is 101 cm³/mol. The van der Waals surface area contributed by atoms with Gasteiger partial charge in [-0.05, 0) is 44.6 Å². The Hall–Kier alpha value is -1.70. The number of halogens is 1. The maximum atomic E-state index is 14.0. The molecule has 0 saturated heterocycles. The number of nitrogens with one attached hydrogen (secondary N) is 1. The highest BCUT2D eigenvalue weighted by atomic mass is 32.2. The number of benzene rings is 1. The van der Waals surface area contributed by atoms with Gasteiger partial charge in [-0.25, -0.2) is 4.39 Å². The number of carbonyl (C=O) groups excluding carboxylic acids is 2. The number of nitrogens with zero attached hydrogens (tertiary/aromatic N) is 1. The van der Waals surface area contributed by atoms with Crippen LogP contribution in [0.3, 0.4) is 0 Å². The van der Waals surface area contributed by atoms with Crippen molar-refractivity contribution in [3.8, 4) is 0 Å². The molecule has 1 aromatic carbocycles. The molecule has 134 valence electrons. The third kappa shape index (κ3) is 5.66. The number of ketones is 1. The lowest BCUT2D eigenvalue weighted by molar-refractivity contribution is -0.118. The molecule has 0 saturated carbocycles. The molecule has 0 radical (unpaired) electrons.